The first-order valence-electron chi connectivity index (χ1n) is 7.32. The molecule has 21 heavy (non-hydrogen) atoms. The average Bonchev–Trinajstić information content (AvgIpc) is 2.40. The maximum Gasteiger partial charge on any atom is 0.416 e. The van der Waals surface area contributed by atoms with Gasteiger partial charge in [0.1, 0.15) is 5.82 Å². The van der Waals surface area contributed by atoms with Crippen molar-refractivity contribution in [3.63, 3.8) is 0 Å². The van der Waals surface area contributed by atoms with Crippen molar-refractivity contribution in [1.29, 1.82) is 0 Å². The van der Waals surface area contributed by atoms with Crippen molar-refractivity contribution in [3.05, 3.63) is 35.1 Å². The molecule has 0 amide bonds. The lowest BCUT2D eigenvalue weighted by Crippen LogP contribution is -2.30. The highest BCUT2D eigenvalue weighted by atomic mass is 19.4. The van der Waals surface area contributed by atoms with Gasteiger partial charge in [-0.3, -0.25) is 0 Å². The molecule has 2 rings (SSSR count). The Bertz CT molecular complexity index is 498. The molecule has 1 aliphatic carbocycles. The Morgan fingerprint density at radius 1 is 1.14 bits per heavy atom. The average molecular weight is 303 g/mol. The molecule has 1 aliphatic rings. The van der Waals surface area contributed by atoms with Crippen molar-refractivity contribution in [3.8, 4) is 0 Å². The SMILES string of the molecule is CC1CCC(C(N)c2cc(C(F)(F)F)ccc2F)CC1C. The lowest BCUT2D eigenvalue weighted by Gasteiger charge is -2.35. The Kier molecular flexibility index (Phi) is 4.61. The van der Waals surface area contributed by atoms with Gasteiger partial charge in [-0.2, -0.15) is 13.2 Å². The number of hydrogen-bond donors (Lipinski definition) is 1. The summed E-state index contributed by atoms with van der Waals surface area (Å²) in [6, 6.07) is 1.81. The summed E-state index contributed by atoms with van der Waals surface area (Å²) in [6.45, 7) is 4.28. The molecule has 4 atom stereocenters. The highest BCUT2D eigenvalue weighted by molar-refractivity contribution is 5.29. The molecule has 2 N–H and O–H groups in total. The van der Waals surface area contributed by atoms with Crippen molar-refractivity contribution in [2.45, 2.75) is 45.3 Å². The maximum atomic E-state index is 13.9. The Labute approximate surface area is 122 Å². The molecule has 4 unspecified atom stereocenters. The molecule has 0 bridgehead atoms. The molecule has 1 saturated carbocycles. The fourth-order valence-electron chi connectivity index (χ4n) is 3.14. The van der Waals surface area contributed by atoms with Gasteiger partial charge in [0.05, 0.1) is 5.56 Å². The molecule has 0 saturated heterocycles. The predicted molar refractivity (Wildman–Crippen MR) is 74.0 cm³/mol. The number of rotatable bonds is 2. The van der Waals surface area contributed by atoms with Crippen molar-refractivity contribution < 1.29 is 17.6 Å². The van der Waals surface area contributed by atoms with Crippen LogP contribution in [0.4, 0.5) is 17.6 Å². The van der Waals surface area contributed by atoms with Crippen LogP contribution in [-0.4, -0.2) is 0 Å². The molecular formula is C16H21F4N. The second kappa shape index (κ2) is 5.95. The number of alkyl halides is 3. The van der Waals surface area contributed by atoms with Gasteiger partial charge in [0.2, 0.25) is 0 Å². The third-order valence-electron chi connectivity index (χ3n) is 4.83. The van der Waals surface area contributed by atoms with E-state index in [0.29, 0.717) is 11.8 Å². The molecule has 1 aromatic rings. The van der Waals surface area contributed by atoms with Crippen LogP contribution in [0.3, 0.4) is 0 Å². The van der Waals surface area contributed by atoms with Crippen molar-refractivity contribution in [2.24, 2.45) is 23.5 Å². The zero-order valence-corrected chi connectivity index (χ0v) is 12.3. The van der Waals surface area contributed by atoms with E-state index in [9.17, 15) is 17.6 Å². The van der Waals surface area contributed by atoms with E-state index in [-0.39, 0.29) is 11.5 Å². The minimum absolute atomic E-state index is 0.0171. The Balaban J connectivity index is 2.24. The summed E-state index contributed by atoms with van der Waals surface area (Å²) in [4.78, 5) is 0. The van der Waals surface area contributed by atoms with Crippen molar-refractivity contribution >= 4 is 0 Å². The van der Waals surface area contributed by atoms with Gasteiger partial charge >= 0.3 is 6.18 Å². The van der Waals surface area contributed by atoms with Crippen LogP contribution in [0, 0.1) is 23.6 Å². The minimum Gasteiger partial charge on any atom is -0.324 e. The first kappa shape index (κ1) is 16.3. The van der Waals surface area contributed by atoms with Gasteiger partial charge in [0.15, 0.2) is 0 Å². The molecule has 118 valence electrons. The summed E-state index contributed by atoms with van der Waals surface area (Å²) in [5.41, 5.74) is 5.22. The summed E-state index contributed by atoms with van der Waals surface area (Å²) in [5.74, 6) is 0.430. The molecule has 1 fully saturated rings. The molecule has 0 spiro atoms. The Morgan fingerprint density at radius 3 is 2.38 bits per heavy atom. The van der Waals surface area contributed by atoms with Crippen LogP contribution in [0.15, 0.2) is 18.2 Å². The molecule has 0 heterocycles. The monoisotopic (exact) mass is 303 g/mol. The zero-order chi connectivity index (χ0) is 15.8. The number of halogens is 4. The lowest BCUT2D eigenvalue weighted by atomic mass is 9.72. The summed E-state index contributed by atoms with van der Waals surface area (Å²) < 4.78 is 52.2. The van der Waals surface area contributed by atoms with Crippen molar-refractivity contribution in [1.82, 2.24) is 0 Å². The third-order valence-corrected chi connectivity index (χ3v) is 4.83. The number of nitrogens with two attached hydrogens (primary N) is 1. The van der Waals surface area contributed by atoms with Gasteiger partial charge in [-0.15, -0.1) is 0 Å². The molecule has 1 aromatic carbocycles. The van der Waals surface area contributed by atoms with Gasteiger partial charge in [0, 0.05) is 11.6 Å². The highest BCUT2D eigenvalue weighted by Crippen LogP contribution is 2.40. The van der Waals surface area contributed by atoms with E-state index in [1.807, 2.05) is 0 Å². The second-order valence-electron chi connectivity index (χ2n) is 6.29. The molecule has 1 nitrogen and oxygen atoms in total. The summed E-state index contributed by atoms with van der Waals surface area (Å²) in [7, 11) is 0. The molecule has 5 heteroatoms. The molecule has 0 aliphatic heterocycles. The molecule has 0 aromatic heterocycles. The predicted octanol–water partition coefficient (Wildman–Crippen LogP) is 4.92. The summed E-state index contributed by atoms with van der Waals surface area (Å²) >= 11 is 0. The standard InChI is InChI=1S/C16H21F4N/c1-9-3-4-11(7-10(9)2)15(21)13-8-12(16(18,19)20)5-6-14(13)17/h5-6,8-11,15H,3-4,7,21H2,1-2H3. The van der Waals surface area contributed by atoms with Crippen LogP contribution < -0.4 is 5.73 Å². The van der Waals surface area contributed by atoms with Crippen molar-refractivity contribution in [2.75, 3.05) is 0 Å². The van der Waals surface area contributed by atoms with Crippen LogP contribution in [0.5, 0.6) is 0 Å². The highest BCUT2D eigenvalue weighted by Gasteiger charge is 2.34. The van der Waals surface area contributed by atoms with Crippen LogP contribution in [0.2, 0.25) is 0 Å². The second-order valence-corrected chi connectivity index (χ2v) is 6.29. The van der Waals surface area contributed by atoms with E-state index in [1.165, 1.54) is 0 Å². The van der Waals surface area contributed by atoms with Gasteiger partial charge in [-0.1, -0.05) is 20.3 Å². The third kappa shape index (κ3) is 3.57. The fourth-order valence-corrected chi connectivity index (χ4v) is 3.14. The number of hydrogen-bond acceptors (Lipinski definition) is 1. The maximum absolute atomic E-state index is 13.9. The zero-order valence-electron chi connectivity index (χ0n) is 12.3. The van der Waals surface area contributed by atoms with Gasteiger partial charge < -0.3 is 5.73 Å². The van der Waals surface area contributed by atoms with Crippen LogP contribution in [-0.2, 0) is 6.18 Å². The first-order chi connectivity index (χ1) is 9.70. The van der Waals surface area contributed by atoms with Crippen LogP contribution in [0.1, 0.15) is 50.3 Å². The minimum atomic E-state index is -4.48. The Morgan fingerprint density at radius 2 is 1.81 bits per heavy atom. The molecular weight excluding hydrogens is 282 g/mol. The van der Waals surface area contributed by atoms with Gasteiger partial charge in [-0.25, -0.2) is 4.39 Å². The van der Waals surface area contributed by atoms with E-state index in [1.54, 1.807) is 0 Å². The summed E-state index contributed by atoms with van der Waals surface area (Å²) in [5, 5.41) is 0. The molecule has 0 radical (unpaired) electrons. The lowest BCUT2D eigenvalue weighted by molar-refractivity contribution is -0.137. The summed E-state index contributed by atoms with van der Waals surface area (Å²) in [6.07, 6.45) is -1.82. The Hall–Kier alpha value is -1.10. The normalized spacial score (nSPS) is 28.4. The van der Waals surface area contributed by atoms with Crippen LogP contribution >= 0.6 is 0 Å². The topological polar surface area (TPSA) is 26.0 Å². The smallest absolute Gasteiger partial charge is 0.324 e. The quantitative estimate of drug-likeness (QED) is 0.771. The van der Waals surface area contributed by atoms with E-state index in [0.717, 1.165) is 37.5 Å². The van der Waals surface area contributed by atoms with E-state index in [2.05, 4.69) is 13.8 Å². The number of benzene rings is 1. The first-order valence-corrected chi connectivity index (χ1v) is 7.32. The van der Waals surface area contributed by atoms with Crippen LogP contribution in [0.25, 0.3) is 0 Å². The van der Waals surface area contributed by atoms with E-state index >= 15 is 0 Å². The van der Waals surface area contributed by atoms with E-state index < -0.39 is 23.6 Å². The van der Waals surface area contributed by atoms with E-state index in [4.69, 9.17) is 5.73 Å². The van der Waals surface area contributed by atoms with Gasteiger partial charge in [0.25, 0.3) is 0 Å². The largest absolute Gasteiger partial charge is 0.416 e. The fraction of sp³-hybridized carbons (Fsp3) is 0.625. The van der Waals surface area contributed by atoms with Gasteiger partial charge in [-0.05, 0) is 48.8 Å².